The number of thiazole rings is 1. The number of rotatable bonds is 5. The van der Waals surface area contributed by atoms with Gasteiger partial charge in [0.05, 0.1) is 11.2 Å². The molecule has 1 aromatic carbocycles. The Kier molecular flexibility index (Phi) is 3.97. The summed E-state index contributed by atoms with van der Waals surface area (Å²) in [5.74, 6) is 0.424. The third-order valence-electron chi connectivity index (χ3n) is 3.07. The van der Waals surface area contributed by atoms with Crippen LogP contribution in [0.4, 0.5) is 11.5 Å². The van der Waals surface area contributed by atoms with E-state index in [2.05, 4.69) is 25.8 Å². The van der Waals surface area contributed by atoms with Crippen LogP contribution in [-0.2, 0) is 4.79 Å². The van der Waals surface area contributed by atoms with E-state index in [1.807, 2.05) is 37.4 Å². The van der Waals surface area contributed by atoms with Crippen molar-refractivity contribution in [2.45, 2.75) is 19.9 Å². The van der Waals surface area contributed by atoms with E-state index in [1.165, 1.54) is 0 Å². The van der Waals surface area contributed by atoms with E-state index >= 15 is 0 Å². The van der Waals surface area contributed by atoms with E-state index in [0.717, 1.165) is 27.2 Å². The van der Waals surface area contributed by atoms with E-state index in [4.69, 9.17) is 0 Å². The highest BCUT2D eigenvalue weighted by Crippen LogP contribution is 2.32. The fourth-order valence-corrected chi connectivity index (χ4v) is 2.83. The summed E-state index contributed by atoms with van der Waals surface area (Å²) in [4.78, 5) is 15.1. The fraction of sp³-hybridized carbons (Fsp3) is 0.200. The Hall–Kier alpha value is -2.54. The molecule has 0 aliphatic rings. The summed E-state index contributed by atoms with van der Waals surface area (Å²) >= 11 is 1.58. The average molecular weight is 313 g/mol. The third kappa shape index (κ3) is 2.75. The number of amides is 1. The van der Waals surface area contributed by atoms with E-state index in [9.17, 15) is 4.79 Å². The Balaban J connectivity index is 2.20. The molecule has 112 valence electrons. The van der Waals surface area contributed by atoms with Crippen LogP contribution >= 0.6 is 11.3 Å². The largest absolute Gasteiger partial charge is 0.379 e. The summed E-state index contributed by atoms with van der Waals surface area (Å²) in [6.45, 7) is 4.06. The van der Waals surface area contributed by atoms with Gasteiger partial charge in [0.25, 0.3) is 0 Å². The first-order chi connectivity index (χ1) is 10.7. The summed E-state index contributed by atoms with van der Waals surface area (Å²) in [6.07, 6.45) is 2.38. The van der Waals surface area contributed by atoms with Crippen molar-refractivity contribution in [3.05, 3.63) is 29.8 Å². The monoisotopic (exact) mass is 313 g/mol. The van der Waals surface area contributed by atoms with Gasteiger partial charge in [-0.25, -0.2) is 4.98 Å². The van der Waals surface area contributed by atoms with Crippen LogP contribution in [0.1, 0.15) is 13.8 Å². The zero-order valence-corrected chi connectivity index (χ0v) is 13.0. The predicted molar refractivity (Wildman–Crippen MR) is 89.1 cm³/mol. The van der Waals surface area contributed by atoms with Gasteiger partial charge >= 0.3 is 0 Å². The van der Waals surface area contributed by atoms with Crippen LogP contribution in [0.5, 0.6) is 0 Å². The molecule has 0 fully saturated rings. The number of aromatic nitrogens is 3. The molecule has 0 saturated carbocycles. The Labute approximate surface area is 131 Å². The molecule has 6 nitrogen and oxygen atoms in total. The number of hydrogen-bond acceptors (Lipinski definition) is 6. The Morgan fingerprint density at radius 2 is 2.14 bits per heavy atom. The number of hydrogen-bond donors (Lipinski definition) is 2. The van der Waals surface area contributed by atoms with Crippen molar-refractivity contribution in [1.82, 2.24) is 15.2 Å². The van der Waals surface area contributed by atoms with Crippen LogP contribution in [0.2, 0.25) is 0 Å². The number of benzene rings is 1. The summed E-state index contributed by atoms with van der Waals surface area (Å²) in [5, 5.41) is 18.0. The highest BCUT2D eigenvalue weighted by molar-refractivity contribution is 7.13. The van der Waals surface area contributed by atoms with Crippen LogP contribution in [0.25, 0.3) is 21.5 Å². The van der Waals surface area contributed by atoms with Gasteiger partial charge in [0, 0.05) is 28.6 Å². The molecule has 0 spiro atoms. The topological polar surface area (TPSA) is 79.8 Å². The summed E-state index contributed by atoms with van der Waals surface area (Å²) in [6, 6.07) is 6.10. The molecule has 3 aromatic rings. The number of nitrogens with zero attached hydrogens (tertiary/aromatic N) is 3. The molecule has 0 saturated heterocycles. The molecule has 7 heteroatoms. The summed E-state index contributed by atoms with van der Waals surface area (Å²) in [7, 11) is 0. The Bertz CT molecular complexity index is 801. The molecule has 0 aliphatic heterocycles. The molecule has 2 heterocycles. The minimum atomic E-state index is 0.197. The quantitative estimate of drug-likeness (QED) is 0.707. The number of fused-ring (bicyclic) bond motifs is 1. The van der Waals surface area contributed by atoms with Crippen molar-refractivity contribution in [2.24, 2.45) is 0 Å². The second-order valence-electron chi connectivity index (χ2n) is 5.05. The van der Waals surface area contributed by atoms with E-state index in [0.29, 0.717) is 12.2 Å². The summed E-state index contributed by atoms with van der Waals surface area (Å²) in [5.41, 5.74) is 2.55. The molecular formula is C15H15N5OS. The highest BCUT2D eigenvalue weighted by atomic mass is 32.1. The van der Waals surface area contributed by atoms with Gasteiger partial charge in [0.2, 0.25) is 6.41 Å². The second-order valence-corrected chi connectivity index (χ2v) is 5.95. The van der Waals surface area contributed by atoms with Crippen molar-refractivity contribution in [3.8, 4) is 10.6 Å². The molecule has 2 N–H and O–H groups in total. The fourth-order valence-electron chi connectivity index (χ4n) is 2.20. The van der Waals surface area contributed by atoms with Gasteiger partial charge in [-0.1, -0.05) is 0 Å². The molecule has 1 amide bonds. The maximum atomic E-state index is 10.8. The van der Waals surface area contributed by atoms with E-state index in [-0.39, 0.29) is 6.04 Å². The minimum absolute atomic E-state index is 0.197. The van der Waals surface area contributed by atoms with Gasteiger partial charge in [-0.2, -0.15) is 0 Å². The van der Waals surface area contributed by atoms with Crippen LogP contribution in [-0.4, -0.2) is 27.6 Å². The van der Waals surface area contributed by atoms with Crippen LogP contribution in [0, 0.1) is 0 Å². The van der Waals surface area contributed by atoms with Gasteiger partial charge in [-0.15, -0.1) is 21.5 Å². The number of carbonyl (C=O) groups is 1. The van der Waals surface area contributed by atoms with Gasteiger partial charge in [-0.05, 0) is 32.0 Å². The standard InChI is InChI=1S/C15H15N5OS/c1-9(2)18-13-11-7-10(15-16-5-6-22-15)3-4-12(11)19-20-14(13)17-8-21/h3-9H,1-2H3,(H,18,19)(H,17,20,21). The molecule has 0 aliphatic carbocycles. The number of carbonyl (C=O) groups excluding carboxylic acids is 1. The molecule has 0 atom stereocenters. The molecule has 0 radical (unpaired) electrons. The first-order valence-corrected chi connectivity index (χ1v) is 7.74. The van der Waals surface area contributed by atoms with Crippen molar-refractivity contribution >= 4 is 40.2 Å². The molecule has 3 rings (SSSR count). The molecule has 0 bridgehead atoms. The van der Waals surface area contributed by atoms with Crippen LogP contribution in [0.15, 0.2) is 29.8 Å². The smallest absolute Gasteiger partial charge is 0.212 e. The van der Waals surface area contributed by atoms with Crippen molar-refractivity contribution in [3.63, 3.8) is 0 Å². The lowest BCUT2D eigenvalue weighted by Gasteiger charge is -2.15. The van der Waals surface area contributed by atoms with Crippen LogP contribution in [0.3, 0.4) is 0 Å². The first-order valence-electron chi connectivity index (χ1n) is 6.86. The maximum absolute atomic E-state index is 10.8. The second kappa shape index (κ2) is 6.07. The molecule has 2 aromatic heterocycles. The van der Waals surface area contributed by atoms with Gasteiger partial charge < -0.3 is 10.6 Å². The lowest BCUT2D eigenvalue weighted by Crippen LogP contribution is -2.13. The normalized spacial score (nSPS) is 10.9. The first kappa shape index (κ1) is 14.4. The Morgan fingerprint density at radius 1 is 1.27 bits per heavy atom. The number of nitrogens with one attached hydrogen (secondary N) is 2. The number of anilines is 2. The average Bonchev–Trinajstić information content (AvgIpc) is 3.03. The molecular weight excluding hydrogens is 298 g/mol. The van der Waals surface area contributed by atoms with Crippen molar-refractivity contribution in [2.75, 3.05) is 10.6 Å². The summed E-state index contributed by atoms with van der Waals surface area (Å²) < 4.78 is 0. The SMILES string of the molecule is CC(C)Nc1c(NC=O)nnc2ccc(-c3nccs3)cc12. The van der Waals surface area contributed by atoms with E-state index < -0.39 is 0 Å². The zero-order valence-electron chi connectivity index (χ0n) is 12.2. The van der Waals surface area contributed by atoms with Gasteiger partial charge in [-0.3, -0.25) is 4.79 Å². The van der Waals surface area contributed by atoms with E-state index in [1.54, 1.807) is 17.5 Å². The Morgan fingerprint density at radius 3 is 2.82 bits per heavy atom. The third-order valence-corrected chi connectivity index (χ3v) is 3.89. The molecule has 0 unspecified atom stereocenters. The predicted octanol–water partition coefficient (Wildman–Crippen LogP) is 3.14. The van der Waals surface area contributed by atoms with Gasteiger partial charge in [0.1, 0.15) is 5.01 Å². The van der Waals surface area contributed by atoms with Gasteiger partial charge in [0.15, 0.2) is 5.82 Å². The lowest BCUT2D eigenvalue weighted by atomic mass is 10.1. The minimum Gasteiger partial charge on any atom is -0.379 e. The maximum Gasteiger partial charge on any atom is 0.212 e. The highest BCUT2D eigenvalue weighted by Gasteiger charge is 2.13. The molecule has 22 heavy (non-hydrogen) atoms. The van der Waals surface area contributed by atoms with Crippen molar-refractivity contribution in [1.29, 1.82) is 0 Å². The zero-order chi connectivity index (χ0) is 15.5. The lowest BCUT2D eigenvalue weighted by molar-refractivity contribution is -0.105. The van der Waals surface area contributed by atoms with Crippen LogP contribution < -0.4 is 10.6 Å². The van der Waals surface area contributed by atoms with Crippen molar-refractivity contribution < 1.29 is 4.79 Å².